The largest absolute Gasteiger partial charge is 0.391 e. The number of rotatable bonds is 6. The zero-order chi connectivity index (χ0) is 23.8. The Balaban J connectivity index is 1.62. The van der Waals surface area contributed by atoms with E-state index < -0.39 is 11.7 Å². The average Bonchev–Trinajstić information content (AvgIpc) is 3.35. The molecular formula is C24H30FN7O. The molecule has 1 atom stereocenters. The zero-order valence-electron chi connectivity index (χ0n) is 19.4. The van der Waals surface area contributed by atoms with Crippen LogP contribution in [0.2, 0.25) is 0 Å². The summed E-state index contributed by atoms with van der Waals surface area (Å²) in [6.07, 6.45) is 9.65. The van der Waals surface area contributed by atoms with Crippen LogP contribution in [0.4, 0.5) is 10.1 Å². The van der Waals surface area contributed by atoms with Crippen molar-refractivity contribution in [2.45, 2.75) is 32.7 Å². The monoisotopic (exact) mass is 451 g/mol. The van der Waals surface area contributed by atoms with Crippen molar-refractivity contribution < 1.29 is 9.18 Å². The van der Waals surface area contributed by atoms with Crippen LogP contribution in [0.1, 0.15) is 26.0 Å². The number of carbonyl (C=O) groups is 1. The minimum atomic E-state index is -0.523. The number of aryl methyl sites for hydroxylation is 1. The van der Waals surface area contributed by atoms with E-state index in [2.05, 4.69) is 32.8 Å². The molecule has 0 bridgehead atoms. The molecule has 2 aliphatic rings. The number of hydrogen-bond acceptors (Lipinski definition) is 6. The molecular weight excluding hydrogens is 421 g/mol. The predicted octanol–water partition coefficient (Wildman–Crippen LogP) is 2.74. The number of imidazole rings is 1. The summed E-state index contributed by atoms with van der Waals surface area (Å²) in [4.78, 5) is 19.4. The van der Waals surface area contributed by atoms with Gasteiger partial charge >= 0.3 is 0 Å². The Bertz CT molecular complexity index is 1210. The second kappa shape index (κ2) is 8.82. The lowest BCUT2D eigenvalue weighted by molar-refractivity contribution is -0.112. The van der Waals surface area contributed by atoms with Crippen molar-refractivity contribution in [2.24, 2.45) is 0 Å². The van der Waals surface area contributed by atoms with Crippen LogP contribution in [0, 0.1) is 18.2 Å². The van der Waals surface area contributed by atoms with Gasteiger partial charge in [-0.1, -0.05) is 0 Å². The molecule has 1 unspecified atom stereocenters. The average molecular weight is 452 g/mol. The quantitative estimate of drug-likeness (QED) is 0.542. The summed E-state index contributed by atoms with van der Waals surface area (Å²) in [6.45, 7) is 8.31. The number of pyridine rings is 1. The molecule has 0 saturated carbocycles. The smallest absolute Gasteiger partial charge is 0.257 e. The summed E-state index contributed by atoms with van der Waals surface area (Å²) in [5.41, 5.74) is 3.12. The first-order valence-corrected chi connectivity index (χ1v) is 11.1. The number of likely N-dealkylation sites (N-methyl/N-ethyl adjacent to an activating group) is 1. The Morgan fingerprint density at radius 3 is 2.85 bits per heavy atom. The summed E-state index contributed by atoms with van der Waals surface area (Å²) in [5, 5.41) is 18.1. The van der Waals surface area contributed by atoms with Crippen LogP contribution in [-0.2, 0) is 4.79 Å². The lowest BCUT2D eigenvalue weighted by Crippen LogP contribution is -2.42. The van der Waals surface area contributed by atoms with E-state index in [1.165, 1.54) is 6.07 Å². The normalized spacial score (nSPS) is 22.0. The lowest BCUT2D eigenvalue weighted by atomic mass is 9.93. The first kappa shape index (κ1) is 22.7. The highest BCUT2D eigenvalue weighted by atomic mass is 19.1. The van der Waals surface area contributed by atoms with Crippen molar-refractivity contribution in [2.75, 3.05) is 32.0 Å². The van der Waals surface area contributed by atoms with Crippen LogP contribution in [0.3, 0.4) is 0 Å². The van der Waals surface area contributed by atoms with Gasteiger partial charge in [-0.05, 0) is 46.4 Å². The second-order valence-electron chi connectivity index (χ2n) is 8.75. The van der Waals surface area contributed by atoms with E-state index in [4.69, 9.17) is 5.41 Å². The number of nitrogens with one attached hydrogen (secondary N) is 4. The van der Waals surface area contributed by atoms with E-state index in [1.807, 2.05) is 20.0 Å². The third kappa shape index (κ3) is 4.41. The molecule has 1 fully saturated rings. The standard InChI is InChI=1S/C24H30FN7O/c1-5-28-11-18-20(31-9-8-24(3,14-31)27-4)7-6-17(21(18)26)23(33)30-16-10-19(25)22-29-15(2)12-32(22)13-16/h6-7,10-13,26-28H,5,8-9,14H2,1-4H3,(H,30,33)/b18-11-,26-21?. The molecule has 174 valence electrons. The highest BCUT2D eigenvalue weighted by molar-refractivity contribution is 6.31. The molecule has 4 N–H and O–H groups in total. The van der Waals surface area contributed by atoms with Crippen LogP contribution in [-0.4, -0.2) is 58.1 Å². The summed E-state index contributed by atoms with van der Waals surface area (Å²) in [5.74, 6) is -0.986. The Hall–Kier alpha value is -3.46. The molecule has 0 aromatic carbocycles. The van der Waals surface area contributed by atoms with E-state index in [0.29, 0.717) is 23.5 Å². The molecule has 1 amide bonds. The molecule has 2 aromatic heterocycles. The Kier molecular flexibility index (Phi) is 6.07. The van der Waals surface area contributed by atoms with Gasteiger partial charge in [0.05, 0.1) is 22.7 Å². The maximum atomic E-state index is 14.4. The molecule has 1 saturated heterocycles. The molecule has 0 spiro atoms. The van der Waals surface area contributed by atoms with Crippen LogP contribution in [0.5, 0.6) is 0 Å². The number of likely N-dealkylation sites (tertiary alicyclic amines) is 1. The zero-order valence-corrected chi connectivity index (χ0v) is 19.4. The van der Waals surface area contributed by atoms with Gasteiger partial charge in [0.25, 0.3) is 5.91 Å². The topological polar surface area (TPSA) is 97.5 Å². The number of halogens is 1. The maximum absolute atomic E-state index is 14.4. The van der Waals surface area contributed by atoms with Gasteiger partial charge in [0.1, 0.15) is 0 Å². The maximum Gasteiger partial charge on any atom is 0.257 e. The highest BCUT2D eigenvalue weighted by Gasteiger charge is 2.36. The molecule has 1 aliphatic heterocycles. The van der Waals surface area contributed by atoms with Gasteiger partial charge in [0.2, 0.25) is 0 Å². The number of hydrogen-bond donors (Lipinski definition) is 4. The first-order chi connectivity index (χ1) is 15.7. The molecule has 3 heterocycles. The van der Waals surface area contributed by atoms with E-state index in [9.17, 15) is 9.18 Å². The SMILES string of the molecule is CCN/C=C1\C(=N)C(C(=O)Nc2cc(F)c3nc(C)cn3c2)=CC=C1N1CCC(C)(NC)C1. The lowest BCUT2D eigenvalue weighted by Gasteiger charge is -2.30. The Morgan fingerprint density at radius 1 is 1.36 bits per heavy atom. The van der Waals surface area contributed by atoms with Crippen LogP contribution in [0.15, 0.2) is 53.7 Å². The van der Waals surface area contributed by atoms with Crippen LogP contribution < -0.4 is 16.0 Å². The molecule has 9 heteroatoms. The highest BCUT2D eigenvalue weighted by Crippen LogP contribution is 2.31. The number of carbonyl (C=O) groups excluding carboxylic acids is 1. The van der Waals surface area contributed by atoms with E-state index in [1.54, 1.807) is 36.0 Å². The summed E-state index contributed by atoms with van der Waals surface area (Å²) >= 11 is 0. The fraction of sp³-hybridized carbons (Fsp3) is 0.375. The fourth-order valence-corrected chi connectivity index (χ4v) is 4.24. The summed E-state index contributed by atoms with van der Waals surface area (Å²) in [6, 6.07) is 1.24. The van der Waals surface area contributed by atoms with Crippen molar-refractivity contribution in [3.63, 3.8) is 0 Å². The third-order valence-corrected chi connectivity index (χ3v) is 6.22. The molecule has 1 aliphatic carbocycles. The Labute approximate surface area is 192 Å². The Morgan fingerprint density at radius 2 is 2.15 bits per heavy atom. The first-order valence-electron chi connectivity index (χ1n) is 11.1. The van der Waals surface area contributed by atoms with Gasteiger partial charge in [0.15, 0.2) is 11.5 Å². The fourth-order valence-electron chi connectivity index (χ4n) is 4.24. The number of anilines is 1. The number of allylic oxidation sites excluding steroid dienone is 3. The van der Waals surface area contributed by atoms with E-state index >= 15 is 0 Å². The van der Waals surface area contributed by atoms with Gasteiger partial charge in [-0.25, -0.2) is 9.37 Å². The van der Waals surface area contributed by atoms with Crippen molar-refractivity contribution in [3.8, 4) is 0 Å². The van der Waals surface area contributed by atoms with Crippen molar-refractivity contribution in [1.82, 2.24) is 24.9 Å². The minimum Gasteiger partial charge on any atom is -0.391 e. The molecule has 4 rings (SSSR count). The van der Waals surface area contributed by atoms with Gasteiger partial charge in [-0.2, -0.15) is 0 Å². The minimum absolute atomic E-state index is 0.00207. The molecule has 8 nitrogen and oxygen atoms in total. The number of aromatic nitrogens is 2. The van der Waals surface area contributed by atoms with Crippen LogP contribution >= 0.6 is 0 Å². The van der Waals surface area contributed by atoms with Gasteiger partial charge in [-0.3, -0.25) is 10.2 Å². The number of fused-ring (bicyclic) bond motifs is 1. The van der Waals surface area contributed by atoms with Gasteiger partial charge in [-0.15, -0.1) is 0 Å². The van der Waals surface area contributed by atoms with Gasteiger partial charge in [0, 0.05) is 61.1 Å². The third-order valence-electron chi connectivity index (χ3n) is 6.22. The number of nitrogens with zero attached hydrogens (tertiary/aromatic N) is 3. The molecule has 33 heavy (non-hydrogen) atoms. The van der Waals surface area contributed by atoms with E-state index in [-0.39, 0.29) is 22.5 Å². The predicted molar refractivity (Wildman–Crippen MR) is 128 cm³/mol. The van der Waals surface area contributed by atoms with Gasteiger partial charge < -0.3 is 25.3 Å². The van der Waals surface area contributed by atoms with Crippen molar-refractivity contribution in [1.29, 1.82) is 5.41 Å². The molecule has 0 radical (unpaired) electrons. The van der Waals surface area contributed by atoms with Crippen molar-refractivity contribution in [3.05, 3.63) is 65.2 Å². The number of amides is 1. The summed E-state index contributed by atoms with van der Waals surface area (Å²) in [7, 11) is 1.96. The van der Waals surface area contributed by atoms with Crippen molar-refractivity contribution >= 4 is 23.0 Å². The summed E-state index contributed by atoms with van der Waals surface area (Å²) < 4.78 is 16.0. The van der Waals surface area contributed by atoms with E-state index in [0.717, 1.165) is 25.2 Å². The molecule has 2 aromatic rings. The second-order valence-corrected chi connectivity index (χ2v) is 8.75. The van der Waals surface area contributed by atoms with Crippen LogP contribution in [0.25, 0.3) is 5.65 Å².